The van der Waals surface area contributed by atoms with E-state index in [4.69, 9.17) is 4.42 Å². The van der Waals surface area contributed by atoms with Crippen molar-refractivity contribution >= 4 is 0 Å². The number of aryl methyl sites for hydroxylation is 1. The van der Waals surface area contributed by atoms with E-state index in [0.717, 1.165) is 35.9 Å². The van der Waals surface area contributed by atoms with E-state index in [-0.39, 0.29) is 0 Å². The topological polar surface area (TPSA) is 43.0 Å². The van der Waals surface area contributed by atoms with Gasteiger partial charge in [0.1, 0.15) is 11.5 Å². The lowest BCUT2D eigenvalue weighted by Crippen LogP contribution is -2.14. The highest BCUT2D eigenvalue weighted by Gasteiger charge is 2.20. The lowest BCUT2D eigenvalue weighted by Gasteiger charge is -2.00. The minimum atomic E-state index is 0.711. The van der Waals surface area contributed by atoms with Crippen molar-refractivity contribution in [2.45, 2.75) is 45.8 Å². The second kappa shape index (κ2) is 4.61. The van der Waals surface area contributed by atoms with Crippen LogP contribution in [0.1, 0.15) is 31.2 Å². The van der Waals surface area contributed by atoms with Gasteiger partial charge in [-0.1, -0.05) is 0 Å². The average molecular weight is 245 g/mol. The highest BCUT2D eigenvalue weighted by molar-refractivity contribution is 5.59. The van der Waals surface area contributed by atoms with Crippen LogP contribution in [0.3, 0.4) is 0 Å². The van der Waals surface area contributed by atoms with Gasteiger partial charge in [0.05, 0.1) is 18.3 Å². The van der Waals surface area contributed by atoms with Crippen LogP contribution < -0.4 is 5.32 Å². The maximum absolute atomic E-state index is 5.87. The second-order valence-electron chi connectivity index (χ2n) is 4.88. The zero-order valence-electron chi connectivity index (χ0n) is 10.9. The Balaban J connectivity index is 1.76. The molecule has 2 aromatic rings. The van der Waals surface area contributed by atoms with E-state index in [9.17, 15) is 0 Å². The number of furan rings is 1. The number of rotatable bonds is 5. The molecule has 0 amide bonds. The third-order valence-electron chi connectivity index (χ3n) is 3.47. The molecule has 0 aliphatic heterocycles. The molecule has 1 saturated carbocycles. The van der Waals surface area contributed by atoms with E-state index in [2.05, 4.69) is 24.3 Å². The lowest BCUT2D eigenvalue weighted by atomic mass is 10.2. The summed E-state index contributed by atoms with van der Waals surface area (Å²) in [7, 11) is 0. The lowest BCUT2D eigenvalue weighted by molar-refractivity contribution is 0.492. The Morgan fingerprint density at radius 3 is 2.94 bits per heavy atom. The molecule has 0 atom stereocenters. The smallest absolute Gasteiger partial charge is 0.137 e. The van der Waals surface area contributed by atoms with Gasteiger partial charge in [-0.05, 0) is 38.8 Å². The summed E-state index contributed by atoms with van der Waals surface area (Å²) in [6, 6.07) is 4.80. The maximum Gasteiger partial charge on any atom is 0.137 e. The van der Waals surface area contributed by atoms with Crippen molar-refractivity contribution in [1.82, 2.24) is 15.1 Å². The summed E-state index contributed by atoms with van der Waals surface area (Å²) in [5.41, 5.74) is 2.25. The minimum Gasteiger partial charge on any atom is -0.460 e. The molecule has 18 heavy (non-hydrogen) atoms. The van der Waals surface area contributed by atoms with Gasteiger partial charge in [-0.3, -0.25) is 4.68 Å². The van der Waals surface area contributed by atoms with Gasteiger partial charge in [-0.15, -0.1) is 0 Å². The quantitative estimate of drug-likeness (QED) is 0.880. The molecule has 0 unspecified atom stereocenters. The number of hydrogen-bond acceptors (Lipinski definition) is 3. The normalized spacial score (nSPS) is 15.2. The van der Waals surface area contributed by atoms with Gasteiger partial charge in [0, 0.05) is 18.3 Å². The third kappa shape index (κ3) is 2.20. The van der Waals surface area contributed by atoms with Crippen LogP contribution in [-0.4, -0.2) is 15.8 Å². The van der Waals surface area contributed by atoms with E-state index in [0.29, 0.717) is 6.04 Å². The molecule has 3 rings (SSSR count). The first-order chi connectivity index (χ1) is 8.78. The average Bonchev–Trinajstić information content (AvgIpc) is 2.97. The molecule has 1 aliphatic rings. The van der Waals surface area contributed by atoms with Crippen LogP contribution in [0.5, 0.6) is 0 Å². The monoisotopic (exact) mass is 245 g/mol. The molecule has 2 aromatic heterocycles. The molecular formula is C14H19N3O. The maximum atomic E-state index is 5.87. The summed E-state index contributed by atoms with van der Waals surface area (Å²) in [4.78, 5) is 0. The van der Waals surface area contributed by atoms with Crippen LogP contribution in [0.25, 0.3) is 11.3 Å². The molecule has 1 aliphatic carbocycles. The van der Waals surface area contributed by atoms with Crippen LogP contribution >= 0.6 is 0 Å². The molecule has 0 radical (unpaired) electrons. The molecular weight excluding hydrogens is 226 g/mol. The Labute approximate surface area is 107 Å². The van der Waals surface area contributed by atoms with Crippen LogP contribution in [0.4, 0.5) is 0 Å². The second-order valence-corrected chi connectivity index (χ2v) is 4.88. The van der Waals surface area contributed by atoms with Gasteiger partial charge in [0.2, 0.25) is 0 Å². The molecule has 0 bridgehead atoms. The highest BCUT2D eigenvalue weighted by Crippen LogP contribution is 2.26. The number of hydrogen-bond donors (Lipinski definition) is 1. The summed E-state index contributed by atoms with van der Waals surface area (Å²) < 4.78 is 7.86. The first-order valence-electron chi connectivity index (χ1n) is 6.63. The van der Waals surface area contributed by atoms with Crippen LogP contribution in [-0.2, 0) is 13.1 Å². The number of aromatic nitrogens is 2. The molecule has 0 spiro atoms. The van der Waals surface area contributed by atoms with Gasteiger partial charge in [0.15, 0.2) is 0 Å². The molecule has 96 valence electrons. The van der Waals surface area contributed by atoms with Crippen LogP contribution in [0.2, 0.25) is 0 Å². The first-order valence-corrected chi connectivity index (χ1v) is 6.63. The fourth-order valence-electron chi connectivity index (χ4n) is 2.16. The molecule has 1 N–H and O–H groups in total. The first kappa shape index (κ1) is 11.5. The predicted molar refractivity (Wildman–Crippen MR) is 70.2 cm³/mol. The van der Waals surface area contributed by atoms with E-state index in [1.54, 1.807) is 0 Å². The zero-order valence-corrected chi connectivity index (χ0v) is 10.9. The predicted octanol–water partition coefficient (Wildman–Crippen LogP) is 2.72. The van der Waals surface area contributed by atoms with Gasteiger partial charge in [-0.2, -0.15) is 5.10 Å². The van der Waals surface area contributed by atoms with E-state index in [1.165, 1.54) is 12.8 Å². The van der Waals surface area contributed by atoms with Crippen molar-refractivity contribution in [3.63, 3.8) is 0 Å². The summed E-state index contributed by atoms with van der Waals surface area (Å²) in [5, 5.41) is 7.80. The Morgan fingerprint density at radius 1 is 1.44 bits per heavy atom. The standard InChI is InChI=1S/C14H19N3O/c1-3-17-10(2)13(9-16-17)14-7-6-12(18-14)8-15-11-4-5-11/h6-7,9,11,15H,3-5,8H2,1-2H3. The van der Waals surface area contributed by atoms with Crippen LogP contribution in [0.15, 0.2) is 22.7 Å². The molecule has 4 heteroatoms. The Morgan fingerprint density at radius 2 is 2.28 bits per heavy atom. The molecule has 1 fully saturated rings. The Hall–Kier alpha value is -1.55. The third-order valence-corrected chi connectivity index (χ3v) is 3.47. The van der Waals surface area contributed by atoms with Crippen molar-refractivity contribution in [1.29, 1.82) is 0 Å². The van der Waals surface area contributed by atoms with Gasteiger partial charge < -0.3 is 9.73 Å². The zero-order chi connectivity index (χ0) is 12.5. The van der Waals surface area contributed by atoms with Crippen molar-refractivity contribution in [3.8, 4) is 11.3 Å². The highest BCUT2D eigenvalue weighted by atomic mass is 16.3. The molecule has 4 nitrogen and oxygen atoms in total. The van der Waals surface area contributed by atoms with Crippen molar-refractivity contribution in [2.24, 2.45) is 0 Å². The summed E-state index contributed by atoms with van der Waals surface area (Å²) in [6.07, 6.45) is 4.49. The van der Waals surface area contributed by atoms with Crippen molar-refractivity contribution in [2.75, 3.05) is 0 Å². The minimum absolute atomic E-state index is 0.711. The van der Waals surface area contributed by atoms with Gasteiger partial charge >= 0.3 is 0 Å². The SMILES string of the molecule is CCn1ncc(-c2ccc(CNC3CC3)o2)c1C. The van der Waals surface area contributed by atoms with E-state index >= 15 is 0 Å². The van der Waals surface area contributed by atoms with Gasteiger partial charge in [0.25, 0.3) is 0 Å². The van der Waals surface area contributed by atoms with E-state index in [1.807, 2.05) is 23.0 Å². The summed E-state index contributed by atoms with van der Waals surface area (Å²) in [5.74, 6) is 1.92. The van der Waals surface area contributed by atoms with Crippen molar-refractivity contribution in [3.05, 3.63) is 29.8 Å². The Kier molecular flexibility index (Phi) is 2.96. The Bertz CT molecular complexity index is 537. The number of nitrogens with one attached hydrogen (secondary N) is 1. The molecule has 2 heterocycles. The fraction of sp³-hybridized carbons (Fsp3) is 0.500. The van der Waals surface area contributed by atoms with E-state index < -0.39 is 0 Å². The van der Waals surface area contributed by atoms with Gasteiger partial charge in [-0.25, -0.2) is 0 Å². The molecule has 0 aromatic carbocycles. The number of nitrogens with zero attached hydrogens (tertiary/aromatic N) is 2. The van der Waals surface area contributed by atoms with Crippen molar-refractivity contribution < 1.29 is 4.42 Å². The fourth-order valence-corrected chi connectivity index (χ4v) is 2.16. The summed E-state index contributed by atoms with van der Waals surface area (Å²) in [6.45, 7) is 5.89. The molecule has 0 saturated heterocycles. The largest absolute Gasteiger partial charge is 0.460 e. The summed E-state index contributed by atoms with van der Waals surface area (Å²) >= 11 is 0. The van der Waals surface area contributed by atoms with Crippen LogP contribution in [0, 0.1) is 6.92 Å².